The summed E-state index contributed by atoms with van der Waals surface area (Å²) in [6.07, 6.45) is 4.06. The van der Waals surface area contributed by atoms with Gasteiger partial charge >= 0.3 is 0 Å². The van der Waals surface area contributed by atoms with Gasteiger partial charge in [0, 0.05) is 38.4 Å². The molecule has 6 nitrogen and oxygen atoms in total. The third-order valence-corrected chi connectivity index (χ3v) is 4.12. The van der Waals surface area contributed by atoms with Crippen LogP contribution in [0.3, 0.4) is 0 Å². The van der Waals surface area contributed by atoms with Crippen LogP contribution < -0.4 is 20.7 Å². The molecule has 0 aliphatic carbocycles. The number of rotatable bonds is 10. The number of benzene rings is 1. The summed E-state index contributed by atoms with van der Waals surface area (Å²) in [5, 5.41) is 10.1. The summed E-state index contributed by atoms with van der Waals surface area (Å²) in [5.41, 5.74) is 2.32. The minimum Gasteiger partial charge on any atom is -0.491 e. The van der Waals surface area contributed by atoms with Gasteiger partial charge < -0.3 is 20.7 Å². The molecule has 0 aliphatic rings. The van der Waals surface area contributed by atoms with Crippen LogP contribution >= 0.6 is 0 Å². The zero-order valence-electron chi connectivity index (χ0n) is 17.5. The molecule has 3 N–H and O–H groups in total. The Kier molecular flexibility index (Phi) is 9.11. The Morgan fingerprint density at radius 2 is 1.93 bits per heavy atom. The highest BCUT2D eigenvalue weighted by atomic mass is 16.5. The lowest BCUT2D eigenvalue weighted by atomic mass is 10.1. The van der Waals surface area contributed by atoms with Crippen LogP contribution in [-0.4, -0.2) is 37.2 Å². The summed E-state index contributed by atoms with van der Waals surface area (Å²) in [6.45, 7) is 8.61. The summed E-state index contributed by atoms with van der Waals surface area (Å²) in [6, 6.07) is 12.2. The highest BCUT2D eigenvalue weighted by Gasteiger charge is 2.07. The van der Waals surface area contributed by atoms with Crippen molar-refractivity contribution in [3.05, 3.63) is 53.7 Å². The number of pyridine rings is 1. The molecule has 0 atom stereocenters. The van der Waals surface area contributed by atoms with Crippen molar-refractivity contribution in [2.75, 3.05) is 25.5 Å². The summed E-state index contributed by atoms with van der Waals surface area (Å²) >= 11 is 0. The molecule has 0 fully saturated rings. The fourth-order valence-electron chi connectivity index (χ4n) is 2.71. The monoisotopic (exact) mass is 383 g/mol. The first-order valence-corrected chi connectivity index (χ1v) is 9.94. The molecule has 0 saturated carbocycles. The second-order valence-electron chi connectivity index (χ2n) is 6.98. The topological polar surface area (TPSA) is 70.6 Å². The molecule has 2 rings (SSSR count). The number of ether oxygens (including phenoxy) is 1. The number of guanidine groups is 1. The second-order valence-corrected chi connectivity index (χ2v) is 6.98. The smallest absolute Gasteiger partial charge is 0.191 e. The SMILES string of the molecule is CN=C(NCCCCNc1ccccn1)NCc1ccc(C)cc1OC(C)C. The lowest BCUT2D eigenvalue weighted by Gasteiger charge is -2.17. The Morgan fingerprint density at radius 3 is 2.64 bits per heavy atom. The third-order valence-electron chi connectivity index (χ3n) is 4.12. The molecule has 0 bridgehead atoms. The fourth-order valence-corrected chi connectivity index (χ4v) is 2.71. The van der Waals surface area contributed by atoms with E-state index in [9.17, 15) is 0 Å². The Hall–Kier alpha value is -2.76. The zero-order chi connectivity index (χ0) is 20.2. The van der Waals surface area contributed by atoms with E-state index < -0.39 is 0 Å². The number of aliphatic imine (C=N–C) groups is 1. The van der Waals surface area contributed by atoms with Crippen LogP contribution in [-0.2, 0) is 6.54 Å². The predicted molar refractivity (Wildman–Crippen MR) is 117 cm³/mol. The molecule has 28 heavy (non-hydrogen) atoms. The van der Waals surface area contributed by atoms with E-state index in [4.69, 9.17) is 4.74 Å². The molecule has 152 valence electrons. The van der Waals surface area contributed by atoms with Crippen molar-refractivity contribution in [3.63, 3.8) is 0 Å². The molecule has 6 heteroatoms. The normalized spacial score (nSPS) is 11.4. The molecule has 0 saturated heterocycles. The van der Waals surface area contributed by atoms with Crippen LogP contribution in [0.15, 0.2) is 47.6 Å². The second kappa shape index (κ2) is 11.8. The van der Waals surface area contributed by atoms with Gasteiger partial charge in [0.1, 0.15) is 11.6 Å². The summed E-state index contributed by atoms with van der Waals surface area (Å²) in [4.78, 5) is 8.56. The van der Waals surface area contributed by atoms with Crippen LogP contribution in [0.1, 0.15) is 37.8 Å². The average Bonchev–Trinajstić information content (AvgIpc) is 2.68. The number of nitrogens with zero attached hydrogens (tertiary/aromatic N) is 2. The molecule has 0 aliphatic heterocycles. The average molecular weight is 384 g/mol. The first-order chi connectivity index (χ1) is 13.6. The van der Waals surface area contributed by atoms with Crippen LogP contribution in [0, 0.1) is 6.92 Å². The maximum absolute atomic E-state index is 5.94. The van der Waals surface area contributed by atoms with Crippen molar-refractivity contribution in [3.8, 4) is 5.75 Å². The van der Waals surface area contributed by atoms with E-state index in [1.54, 1.807) is 13.2 Å². The highest BCUT2D eigenvalue weighted by molar-refractivity contribution is 5.79. The summed E-state index contributed by atoms with van der Waals surface area (Å²) < 4.78 is 5.94. The van der Waals surface area contributed by atoms with Gasteiger partial charge in [0.15, 0.2) is 5.96 Å². The molecule has 1 heterocycles. The van der Waals surface area contributed by atoms with Crippen molar-refractivity contribution < 1.29 is 4.74 Å². The van der Waals surface area contributed by atoms with E-state index in [-0.39, 0.29) is 6.10 Å². The van der Waals surface area contributed by atoms with Crippen LogP contribution in [0.2, 0.25) is 0 Å². The van der Waals surface area contributed by atoms with Gasteiger partial charge in [-0.1, -0.05) is 18.2 Å². The van der Waals surface area contributed by atoms with Gasteiger partial charge in [-0.25, -0.2) is 4.98 Å². The van der Waals surface area contributed by atoms with Gasteiger partial charge in [-0.3, -0.25) is 4.99 Å². The lowest BCUT2D eigenvalue weighted by molar-refractivity contribution is 0.239. The fraction of sp³-hybridized carbons (Fsp3) is 0.455. The standard InChI is InChI=1S/C22H33N5O/c1-17(2)28-20-15-18(3)10-11-19(20)16-27-22(23-4)26-14-8-7-13-25-21-9-5-6-12-24-21/h5-6,9-12,15,17H,7-8,13-14,16H2,1-4H3,(H,24,25)(H2,23,26,27). The Balaban J connectivity index is 1.70. The van der Waals surface area contributed by atoms with E-state index in [2.05, 4.69) is 51.0 Å². The molecule has 0 amide bonds. The number of aryl methyl sites for hydroxylation is 1. The number of nitrogens with one attached hydrogen (secondary N) is 3. The lowest BCUT2D eigenvalue weighted by Crippen LogP contribution is -2.37. The molecule has 1 aromatic carbocycles. The van der Waals surface area contributed by atoms with Gasteiger partial charge in [0.05, 0.1) is 6.10 Å². The Labute approximate surface area is 168 Å². The quantitative estimate of drug-likeness (QED) is 0.331. The maximum atomic E-state index is 5.94. The number of anilines is 1. The van der Waals surface area contributed by atoms with Gasteiger partial charge in [-0.15, -0.1) is 0 Å². The van der Waals surface area contributed by atoms with Crippen molar-refractivity contribution in [2.45, 2.75) is 46.3 Å². The number of unbranched alkanes of at least 4 members (excludes halogenated alkanes) is 1. The predicted octanol–water partition coefficient (Wildman–Crippen LogP) is 3.73. The molecule has 2 aromatic rings. The Bertz CT molecular complexity index is 731. The van der Waals surface area contributed by atoms with Gasteiger partial charge in [-0.05, 0) is 57.4 Å². The first kappa shape index (κ1) is 21.5. The third kappa shape index (κ3) is 7.86. The highest BCUT2D eigenvalue weighted by Crippen LogP contribution is 2.21. The van der Waals surface area contributed by atoms with Gasteiger partial charge in [0.25, 0.3) is 0 Å². The minimum absolute atomic E-state index is 0.151. The molecule has 0 spiro atoms. The van der Waals surface area contributed by atoms with E-state index in [0.717, 1.165) is 49.0 Å². The number of hydrogen-bond acceptors (Lipinski definition) is 4. The Morgan fingerprint density at radius 1 is 1.11 bits per heavy atom. The van der Waals surface area contributed by atoms with Crippen LogP contribution in [0.4, 0.5) is 5.82 Å². The maximum Gasteiger partial charge on any atom is 0.191 e. The molecule has 0 radical (unpaired) electrons. The molecular weight excluding hydrogens is 350 g/mol. The van der Waals surface area contributed by atoms with E-state index in [1.807, 2.05) is 32.0 Å². The van der Waals surface area contributed by atoms with Gasteiger partial charge in [0.2, 0.25) is 0 Å². The zero-order valence-corrected chi connectivity index (χ0v) is 17.5. The van der Waals surface area contributed by atoms with E-state index in [0.29, 0.717) is 6.54 Å². The van der Waals surface area contributed by atoms with Crippen LogP contribution in [0.25, 0.3) is 0 Å². The van der Waals surface area contributed by atoms with Crippen molar-refractivity contribution in [2.24, 2.45) is 4.99 Å². The number of aromatic nitrogens is 1. The molecule has 1 aromatic heterocycles. The molecule has 0 unspecified atom stereocenters. The minimum atomic E-state index is 0.151. The van der Waals surface area contributed by atoms with Crippen molar-refractivity contribution >= 4 is 11.8 Å². The van der Waals surface area contributed by atoms with Crippen LogP contribution in [0.5, 0.6) is 5.75 Å². The first-order valence-electron chi connectivity index (χ1n) is 9.94. The molecular formula is C22H33N5O. The van der Waals surface area contributed by atoms with Gasteiger partial charge in [-0.2, -0.15) is 0 Å². The van der Waals surface area contributed by atoms with Crippen molar-refractivity contribution in [1.29, 1.82) is 0 Å². The summed E-state index contributed by atoms with van der Waals surface area (Å²) in [7, 11) is 1.79. The van der Waals surface area contributed by atoms with Crippen molar-refractivity contribution in [1.82, 2.24) is 15.6 Å². The van der Waals surface area contributed by atoms with E-state index in [1.165, 1.54) is 5.56 Å². The largest absolute Gasteiger partial charge is 0.491 e. The number of hydrogen-bond donors (Lipinski definition) is 3. The summed E-state index contributed by atoms with van der Waals surface area (Å²) in [5.74, 6) is 2.65. The van der Waals surface area contributed by atoms with E-state index >= 15 is 0 Å².